The monoisotopic (exact) mass is 521 g/mol. The highest BCUT2D eigenvalue weighted by Gasteiger charge is 2.39. The molecule has 2 aliphatic rings. The number of para-hydroxylation sites is 2. The van der Waals surface area contributed by atoms with Gasteiger partial charge in [-0.2, -0.15) is 0 Å². The Morgan fingerprint density at radius 3 is 2.38 bits per heavy atom. The van der Waals surface area contributed by atoms with Crippen molar-refractivity contribution in [2.45, 2.75) is 38.3 Å². The molecule has 0 bridgehead atoms. The molecule has 0 saturated carbocycles. The van der Waals surface area contributed by atoms with Crippen molar-refractivity contribution < 1.29 is 4.74 Å². The normalized spacial score (nSPS) is 16.4. The van der Waals surface area contributed by atoms with Crippen LogP contribution in [-0.4, -0.2) is 4.98 Å². The van der Waals surface area contributed by atoms with Gasteiger partial charge in [0.2, 0.25) is 0 Å². The predicted molar refractivity (Wildman–Crippen MR) is 160 cm³/mol. The summed E-state index contributed by atoms with van der Waals surface area (Å²) in [5.41, 5.74) is 7.77. The Morgan fingerprint density at radius 2 is 1.52 bits per heavy atom. The van der Waals surface area contributed by atoms with E-state index in [1.165, 1.54) is 11.1 Å². The molecule has 3 heterocycles. The number of rotatable bonds is 5. The van der Waals surface area contributed by atoms with Crippen LogP contribution in [0.3, 0.4) is 0 Å². The average Bonchev–Trinajstić information content (AvgIpc) is 3.03. The number of aromatic nitrogens is 1. The Bertz CT molecular complexity index is 1840. The van der Waals surface area contributed by atoms with E-state index in [0.29, 0.717) is 0 Å². The Morgan fingerprint density at radius 1 is 0.725 bits per heavy atom. The third-order valence-corrected chi connectivity index (χ3v) is 8.50. The zero-order valence-corrected chi connectivity index (χ0v) is 22.8. The highest BCUT2D eigenvalue weighted by Crippen LogP contribution is 2.52. The van der Waals surface area contributed by atoms with E-state index in [1.807, 2.05) is 24.4 Å². The summed E-state index contributed by atoms with van der Waals surface area (Å²) in [6.45, 7) is 4.57. The summed E-state index contributed by atoms with van der Waals surface area (Å²) in [4.78, 5) is 9.68. The molecule has 1 N–H and O–H groups in total. The van der Waals surface area contributed by atoms with E-state index in [1.54, 1.807) is 0 Å². The second kappa shape index (κ2) is 9.80. The van der Waals surface area contributed by atoms with E-state index in [4.69, 9.17) is 9.73 Å². The molecule has 40 heavy (non-hydrogen) atoms. The number of hydrogen-bond acceptors (Lipinski definition) is 4. The third-order valence-electron chi connectivity index (χ3n) is 8.50. The SMILES string of the molecule is CCC1(CC)c2ccccc2Oc2ccc(C3=c4ccccc4=NC(c4cccc(-c5ccccn5)c4)N3)cc21. The van der Waals surface area contributed by atoms with Gasteiger partial charge in [-0.1, -0.05) is 74.5 Å². The van der Waals surface area contributed by atoms with Crippen molar-refractivity contribution >= 4 is 5.70 Å². The smallest absolute Gasteiger partial charge is 0.145 e. The topological polar surface area (TPSA) is 46.5 Å². The van der Waals surface area contributed by atoms with Crippen LogP contribution < -0.4 is 20.6 Å². The highest BCUT2D eigenvalue weighted by molar-refractivity contribution is 5.69. The minimum Gasteiger partial charge on any atom is -0.457 e. The van der Waals surface area contributed by atoms with Gasteiger partial charge in [0.25, 0.3) is 0 Å². The van der Waals surface area contributed by atoms with E-state index in [0.717, 1.165) is 63.0 Å². The lowest BCUT2D eigenvalue weighted by molar-refractivity contribution is 0.374. The summed E-state index contributed by atoms with van der Waals surface area (Å²) in [5.74, 6) is 1.91. The Labute approximate surface area is 234 Å². The highest BCUT2D eigenvalue weighted by atomic mass is 16.5. The molecule has 0 aliphatic carbocycles. The summed E-state index contributed by atoms with van der Waals surface area (Å²) in [7, 11) is 0. The average molecular weight is 522 g/mol. The summed E-state index contributed by atoms with van der Waals surface area (Å²) in [6, 6.07) is 38.0. The van der Waals surface area contributed by atoms with E-state index < -0.39 is 0 Å². The maximum absolute atomic E-state index is 6.44. The zero-order valence-electron chi connectivity index (χ0n) is 22.8. The number of fused-ring (bicyclic) bond motifs is 3. The van der Waals surface area contributed by atoms with Crippen LogP contribution in [0.25, 0.3) is 17.0 Å². The Balaban J connectivity index is 1.35. The zero-order chi connectivity index (χ0) is 27.1. The van der Waals surface area contributed by atoms with Gasteiger partial charge in [-0.3, -0.25) is 9.98 Å². The number of nitrogens with one attached hydrogen (secondary N) is 1. The summed E-state index contributed by atoms with van der Waals surface area (Å²) in [5, 5.41) is 5.89. The van der Waals surface area contributed by atoms with Crippen molar-refractivity contribution in [1.29, 1.82) is 0 Å². The molecular formula is C36H31N3O. The minimum absolute atomic E-state index is 0.101. The largest absolute Gasteiger partial charge is 0.457 e. The van der Waals surface area contributed by atoms with Crippen molar-refractivity contribution in [2.75, 3.05) is 0 Å². The molecule has 1 atom stereocenters. The van der Waals surface area contributed by atoms with Crippen LogP contribution in [0.4, 0.5) is 0 Å². The molecule has 0 radical (unpaired) electrons. The van der Waals surface area contributed by atoms with Gasteiger partial charge < -0.3 is 10.1 Å². The molecule has 0 saturated heterocycles. The molecule has 0 spiro atoms. The molecule has 0 fully saturated rings. The van der Waals surface area contributed by atoms with Crippen LogP contribution in [0.1, 0.15) is 55.1 Å². The van der Waals surface area contributed by atoms with Gasteiger partial charge in [0.05, 0.1) is 16.7 Å². The molecule has 4 nitrogen and oxygen atoms in total. The van der Waals surface area contributed by atoms with Crippen molar-refractivity contribution in [3.63, 3.8) is 0 Å². The first-order valence-electron chi connectivity index (χ1n) is 14.1. The van der Waals surface area contributed by atoms with E-state index >= 15 is 0 Å². The van der Waals surface area contributed by atoms with Crippen molar-refractivity contribution in [2.24, 2.45) is 4.99 Å². The van der Waals surface area contributed by atoms with Crippen LogP contribution >= 0.6 is 0 Å². The Kier molecular flexibility index (Phi) is 5.96. The number of hydrogen-bond donors (Lipinski definition) is 1. The number of pyridine rings is 1. The van der Waals surface area contributed by atoms with Crippen LogP contribution in [0.2, 0.25) is 0 Å². The fraction of sp³-hybridized carbons (Fsp3) is 0.167. The predicted octanol–water partition coefficient (Wildman–Crippen LogP) is 7.04. The quantitative estimate of drug-likeness (QED) is 0.270. The van der Waals surface area contributed by atoms with E-state index in [9.17, 15) is 0 Å². The second-order valence-corrected chi connectivity index (χ2v) is 10.5. The lowest BCUT2D eigenvalue weighted by Gasteiger charge is -2.39. The van der Waals surface area contributed by atoms with Crippen molar-refractivity contribution in [3.8, 4) is 22.8 Å². The molecule has 1 aromatic heterocycles. The molecular weight excluding hydrogens is 490 g/mol. The first kappa shape index (κ1) is 24.3. The molecule has 196 valence electrons. The second-order valence-electron chi connectivity index (χ2n) is 10.5. The molecule has 7 rings (SSSR count). The number of nitrogens with zero attached hydrogens (tertiary/aromatic N) is 2. The van der Waals surface area contributed by atoms with Gasteiger partial charge in [-0.15, -0.1) is 0 Å². The first-order chi connectivity index (χ1) is 19.7. The van der Waals surface area contributed by atoms with Crippen LogP contribution in [0, 0.1) is 0 Å². The van der Waals surface area contributed by atoms with Gasteiger partial charge in [-0.05, 0) is 72.5 Å². The van der Waals surface area contributed by atoms with Crippen LogP contribution in [-0.2, 0) is 5.41 Å². The number of ether oxygens (including phenoxy) is 1. The molecule has 0 amide bonds. The van der Waals surface area contributed by atoms with Crippen LogP contribution in [0.15, 0.2) is 120 Å². The molecule has 2 aliphatic heterocycles. The minimum atomic E-state index is -0.219. The number of benzene rings is 4. The van der Waals surface area contributed by atoms with Gasteiger partial charge in [0, 0.05) is 33.5 Å². The maximum atomic E-state index is 6.44. The lowest BCUT2D eigenvalue weighted by atomic mass is 9.68. The standard InChI is InChI=1S/C36H31N3O/c1-3-36(4-2)28-15-6-8-18-32(28)40-33-20-19-25(23-29(33)36)34-27-14-5-7-17-31(27)38-35(39-34)26-13-11-12-24(22-26)30-16-9-10-21-37-30/h5-23,35,39H,3-4H2,1-2H3. The summed E-state index contributed by atoms with van der Waals surface area (Å²) >= 11 is 0. The van der Waals surface area contributed by atoms with Gasteiger partial charge in [0.15, 0.2) is 0 Å². The van der Waals surface area contributed by atoms with Crippen molar-refractivity contribution in [3.05, 3.63) is 148 Å². The van der Waals surface area contributed by atoms with E-state index in [2.05, 4.69) is 115 Å². The van der Waals surface area contributed by atoms with E-state index in [-0.39, 0.29) is 11.6 Å². The van der Waals surface area contributed by atoms with Gasteiger partial charge in [0.1, 0.15) is 17.7 Å². The molecule has 4 heteroatoms. The Hall–Kier alpha value is -4.70. The van der Waals surface area contributed by atoms with Crippen LogP contribution in [0.5, 0.6) is 11.5 Å². The van der Waals surface area contributed by atoms with Gasteiger partial charge >= 0.3 is 0 Å². The fourth-order valence-corrected chi connectivity index (χ4v) is 6.36. The van der Waals surface area contributed by atoms with Crippen molar-refractivity contribution in [1.82, 2.24) is 10.3 Å². The lowest BCUT2D eigenvalue weighted by Crippen LogP contribution is -2.40. The maximum Gasteiger partial charge on any atom is 0.145 e. The molecule has 5 aromatic rings. The molecule has 4 aromatic carbocycles. The van der Waals surface area contributed by atoms with Gasteiger partial charge in [-0.25, -0.2) is 0 Å². The summed E-state index contributed by atoms with van der Waals surface area (Å²) < 4.78 is 6.44. The first-order valence-corrected chi connectivity index (χ1v) is 14.1. The molecule has 1 unspecified atom stereocenters. The third kappa shape index (κ3) is 3.91. The summed E-state index contributed by atoms with van der Waals surface area (Å²) in [6.07, 6.45) is 3.61. The fourth-order valence-electron chi connectivity index (χ4n) is 6.36.